The summed E-state index contributed by atoms with van der Waals surface area (Å²) < 4.78 is 0. The van der Waals surface area contributed by atoms with Gasteiger partial charge in [0, 0.05) is 30.3 Å². The number of hydrogen-bond acceptors (Lipinski definition) is 3. The lowest BCUT2D eigenvalue weighted by atomic mass is 9.92. The quantitative estimate of drug-likeness (QED) is 0.490. The van der Waals surface area contributed by atoms with E-state index in [1.54, 1.807) is 0 Å². The number of nitrogens with zero attached hydrogens (tertiary/aromatic N) is 1. The van der Waals surface area contributed by atoms with Gasteiger partial charge in [0.15, 0.2) is 0 Å². The highest BCUT2D eigenvalue weighted by atomic mass is 35.5. The Labute approximate surface area is 195 Å². The minimum Gasteiger partial charge on any atom is -1.00 e. The Balaban J connectivity index is 0.00000245. The second kappa shape index (κ2) is 9.81. The summed E-state index contributed by atoms with van der Waals surface area (Å²) in [5, 5.41) is 26.0. The normalized spacial score (nSPS) is 14.7. The topological polar surface area (TPSA) is 43.7 Å². The zero-order valence-electron chi connectivity index (χ0n) is 18.2. The van der Waals surface area contributed by atoms with Gasteiger partial charge in [0.1, 0.15) is 11.5 Å². The Morgan fingerprint density at radius 2 is 1.09 bits per heavy atom. The molecule has 0 unspecified atom stereocenters. The predicted molar refractivity (Wildman–Crippen MR) is 127 cm³/mol. The van der Waals surface area contributed by atoms with Gasteiger partial charge in [0.25, 0.3) is 0 Å². The Morgan fingerprint density at radius 3 is 1.59 bits per heavy atom. The number of benzene rings is 4. The molecule has 0 radical (unpaired) electrons. The highest BCUT2D eigenvalue weighted by Crippen LogP contribution is 2.35. The molecule has 1 aliphatic carbocycles. The number of fused-ring (bicyclic) bond motifs is 2. The van der Waals surface area contributed by atoms with E-state index in [-0.39, 0.29) is 12.4 Å². The van der Waals surface area contributed by atoms with Gasteiger partial charge in [-0.15, -0.1) is 0 Å². The van der Waals surface area contributed by atoms with Crippen LogP contribution in [0.1, 0.15) is 43.2 Å². The van der Waals surface area contributed by atoms with E-state index in [4.69, 9.17) is 0 Å². The number of phenolic OH excluding ortho intramolecular Hbond substituents is 2. The maximum Gasteiger partial charge on any atom is 0.120 e. The van der Waals surface area contributed by atoms with Crippen molar-refractivity contribution >= 4 is 21.5 Å². The molecule has 0 bridgehead atoms. The first-order valence-corrected chi connectivity index (χ1v) is 11.3. The van der Waals surface area contributed by atoms with E-state index in [2.05, 4.69) is 29.2 Å². The molecule has 32 heavy (non-hydrogen) atoms. The van der Waals surface area contributed by atoms with E-state index in [1.807, 2.05) is 48.5 Å². The van der Waals surface area contributed by atoms with Crippen molar-refractivity contribution in [3.8, 4) is 11.5 Å². The molecule has 0 heterocycles. The van der Waals surface area contributed by atoms with Gasteiger partial charge in [-0.05, 0) is 46.5 Å². The smallest absolute Gasteiger partial charge is 0.120 e. The molecular weight excluding hydrogens is 418 g/mol. The van der Waals surface area contributed by atoms with Crippen molar-refractivity contribution in [1.82, 2.24) is 4.90 Å². The molecule has 5 rings (SSSR count). The number of hydrogen-bond donors (Lipinski definition) is 2. The monoisotopic (exact) mass is 446 g/mol. The van der Waals surface area contributed by atoms with Crippen molar-refractivity contribution in [3.05, 3.63) is 83.9 Å². The van der Waals surface area contributed by atoms with Crippen LogP contribution < -0.4 is 12.4 Å². The summed E-state index contributed by atoms with van der Waals surface area (Å²) in [6.07, 6.45) is 6.10. The van der Waals surface area contributed by atoms with E-state index in [0.717, 1.165) is 45.5 Å². The fourth-order valence-corrected chi connectivity index (χ4v) is 5.15. The molecule has 1 saturated carbocycles. The lowest BCUT2D eigenvalue weighted by Crippen LogP contribution is -3.00. The Morgan fingerprint density at radius 1 is 0.625 bits per heavy atom. The Bertz CT molecular complexity index is 1130. The molecule has 1 fully saturated rings. The molecule has 1 aliphatic rings. The van der Waals surface area contributed by atoms with Gasteiger partial charge in [0.2, 0.25) is 0 Å². The fourth-order valence-electron chi connectivity index (χ4n) is 5.15. The third kappa shape index (κ3) is 4.41. The van der Waals surface area contributed by atoms with Gasteiger partial charge in [-0.1, -0.05) is 79.9 Å². The molecule has 0 amide bonds. The van der Waals surface area contributed by atoms with Crippen LogP contribution in [0.25, 0.3) is 21.5 Å². The molecule has 4 aromatic rings. The van der Waals surface area contributed by atoms with Crippen molar-refractivity contribution in [2.24, 2.45) is 0 Å². The molecular formula is C28H29ClNO2-. The summed E-state index contributed by atoms with van der Waals surface area (Å²) >= 11 is 0. The second-order valence-electron chi connectivity index (χ2n) is 8.77. The van der Waals surface area contributed by atoms with Gasteiger partial charge in [-0.25, -0.2) is 0 Å². The van der Waals surface area contributed by atoms with Crippen LogP contribution in [-0.4, -0.2) is 21.2 Å². The van der Waals surface area contributed by atoms with Crippen LogP contribution in [0.5, 0.6) is 11.5 Å². The summed E-state index contributed by atoms with van der Waals surface area (Å²) in [6.45, 7) is 1.33. The first-order chi connectivity index (χ1) is 15.2. The van der Waals surface area contributed by atoms with Crippen LogP contribution in [-0.2, 0) is 13.1 Å². The molecule has 166 valence electrons. The minimum absolute atomic E-state index is 0. The molecule has 0 saturated heterocycles. The van der Waals surface area contributed by atoms with E-state index >= 15 is 0 Å². The highest BCUT2D eigenvalue weighted by Gasteiger charge is 2.24. The van der Waals surface area contributed by atoms with Crippen LogP contribution in [0.3, 0.4) is 0 Å². The third-order valence-electron chi connectivity index (χ3n) is 6.85. The largest absolute Gasteiger partial charge is 1.00 e. The van der Waals surface area contributed by atoms with Gasteiger partial charge < -0.3 is 22.6 Å². The van der Waals surface area contributed by atoms with E-state index in [9.17, 15) is 10.2 Å². The standard InChI is InChI=1S/C28H29NO2.ClH/c30-27-16-14-20-8-4-6-12-23(20)25(27)18-29(22-10-2-1-3-11-22)19-26-24-13-7-5-9-21(24)15-17-28(26)31;/h4-9,12-17,22,30-31H,1-3,10-11,18-19H2;1H/p-1. The first-order valence-electron chi connectivity index (χ1n) is 11.3. The molecule has 3 nitrogen and oxygen atoms in total. The fraction of sp³-hybridized carbons (Fsp3) is 0.286. The molecule has 0 aliphatic heterocycles. The minimum atomic E-state index is 0. The predicted octanol–water partition coefficient (Wildman–Crippen LogP) is 3.74. The van der Waals surface area contributed by atoms with Crippen LogP contribution in [0.2, 0.25) is 0 Å². The van der Waals surface area contributed by atoms with Crippen molar-refractivity contribution in [3.63, 3.8) is 0 Å². The van der Waals surface area contributed by atoms with Gasteiger partial charge in [-0.2, -0.15) is 0 Å². The van der Waals surface area contributed by atoms with Crippen LogP contribution in [0.4, 0.5) is 0 Å². The number of phenols is 2. The van der Waals surface area contributed by atoms with Crippen molar-refractivity contribution in [1.29, 1.82) is 0 Å². The number of aromatic hydroxyl groups is 2. The molecule has 2 N–H and O–H groups in total. The average molecular weight is 447 g/mol. The molecule has 0 aromatic heterocycles. The molecule has 0 atom stereocenters. The Kier molecular flexibility index (Phi) is 6.88. The van der Waals surface area contributed by atoms with Gasteiger partial charge in [-0.3, -0.25) is 4.90 Å². The van der Waals surface area contributed by atoms with Crippen molar-refractivity contribution in [2.75, 3.05) is 0 Å². The summed E-state index contributed by atoms with van der Waals surface area (Å²) in [5.74, 6) is 0.698. The van der Waals surface area contributed by atoms with Crippen molar-refractivity contribution in [2.45, 2.75) is 51.2 Å². The van der Waals surface area contributed by atoms with E-state index in [0.29, 0.717) is 30.6 Å². The Hall–Kier alpha value is -2.75. The zero-order valence-corrected chi connectivity index (χ0v) is 18.9. The number of halogens is 1. The van der Waals surface area contributed by atoms with Gasteiger partial charge in [0.05, 0.1) is 0 Å². The average Bonchev–Trinajstić information content (AvgIpc) is 2.82. The maximum absolute atomic E-state index is 10.8. The van der Waals surface area contributed by atoms with E-state index < -0.39 is 0 Å². The lowest BCUT2D eigenvalue weighted by molar-refractivity contribution is -0.00000815. The zero-order chi connectivity index (χ0) is 21.2. The SMILES string of the molecule is Oc1ccc2ccccc2c1CN(Cc1c(O)ccc2ccccc12)C1CCCCC1.[Cl-]. The third-order valence-corrected chi connectivity index (χ3v) is 6.85. The molecule has 0 spiro atoms. The van der Waals surface area contributed by atoms with Gasteiger partial charge >= 0.3 is 0 Å². The summed E-state index contributed by atoms with van der Waals surface area (Å²) in [5.41, 5.74) is 1.95. The summed E-state index contributed by atoms with van der Waals surface area (Å²) in [4.78, 5) is 2.47. The second-order valence-corrected chi connectivity index (χ2v) is 8.77. The highest BCUT2D eigenvalue weighted by molar-refractivity contribution is 5.88. The molecule has 4 heteroatoms. The lowest BCUT2D eigenvalue weighted by Gasteiger charge is -2.35. The summed E-state index contributed by atoms with van der Waals surface area (Å²) in [7, 11) is 0. The van der Waals surface area contributed by atoms with Crippen LogP contribution >= 0.6 is 0 Å². The first kappa shape index (κ1) is 22.4. The summed E-state index contributed by atoms with van der Waals surface area (Å²) in [6, 6.07) is 24.6. The van der Waals surface area contributed by atoms with Crippen LogP contribution in [0, 0.1) is 0 Å². The number of rotatable bonds is 5. The maximum atomic E-state index is 10.8. The molecule has 4 aromatic carbocycles. The van der Waals surface area contributed by atoms with Crippen molar-refractivity contribution < 1.29 is 22.6 Å². The van der Waals surface area contributed by atoms with Crippen LogP contribution in [0.15, 0.2) is 72.8 Å². The van der Waals surface area contributed by atoms with E-state index in [1.165, 1.54) is 19.3 Å².